The first-order chi connectivity index (χ1) is 17.4. The molecule has 2 aliphatic rings. The maximum absolute atomic E-state index is 14.0. The van der Waals surface area contributed by atoms with Crippen molar-refractivity contribution in [2.75, 3.05) is 44.2 Å². The maximum atomic E-state index is 14.0. The summed E-state index contributed by atoms with van der Waals surface area (Å²) >= 11 is 6.24. The number of benzene rings is 2. The maximum Gasteiger partial charge on any atom is 0.410 e. The number of piperidine rings is 1. The van der Waals surface area contributed by atoms with E-state index < -0.39 is 17.6 Å². The molecule has 2 amide bonds. The second-order valence-electron chi connectivity index (χ2n) is 11.2. The number of aryl methyl sites for hydroxylation is 2. The van der Waals surface area contributed by atoms with Crippen LogP contribution in [0.25, 0.3) is 0 Å². The molecule has 200 valence electrons. The van der Waals surface area contributed by atoms with E-state index >= 15 is 0 Å². The van der Waals surface area contributed by atoms with Gasteiger partial charge in [0.1, 0.15) is 11.4 Å². The number of nitrogens with zero attached hydrogens (tertiary/aromatic N) is 3. The predicted octanol–water partition coefficient (Wildman–Crippen LogP) is 5.79. The molecule has 37 heavy (non-hydrogen) atoms. The smallest absolute Gasteiger partial charge is 0.410 e. The highest BCUT2D eigenvalue weighted by Crippen LogP contribution is 2.37. The fourth-order valence-electron chi connectivity index (χ4n) is 5.45. The lowest BCUT2D eigenvalue weighted by molar-refractivity contribution is -0.138. The minimum Gasteiger partial charge on any atom is -0.444 e. The Kier molecular flexibility index (Phi) is 8.02. The van der Waals surface area contributed by atoms with Crippen molar-refractivity contribution in [2.45, 2.75) is 52.6 Å². The van der Waals surface area contributed by atoms with Gasteiger partial charge in [-0.2, -0.15) is 0 Å². The van der Waals surface area contributed by atoms with Gasteiger partial charge in [0.15, 0.2) is 0 Å². The summed E-state index contributed by atoms with van der Waals surface area (Å²) in [6.07, 6.45) is 0.213. The number of halogens is 2. The van der Waals surface area contributed by atoms with E-state index in [4.69, 9.17) is 16.3 Å². The Morgan fingerprint density at radius 2 is 1.65 bits per heavy atom. The SMILES string of the molecule is Cc1cc(F)ccc1[C@@H]1CCN(C(=O)OC(C)(C)C)C[C@@H]1C(=O)N1CCN(c2cc(Cl)ccc2C)CC1. The summed E-state index contributed by atoms with van der Waals surface area (Å²) in [5, 5.41) is 0.695. The zero-order valence-electron chi connectivity index (χ0n) is 22.4. The van der Waals surface area contributed by atoms with Gasteiger partial charge in [0.25, 0.3) is 0 Å². The standard InChI is InChI=1S/C29H37ClFN3O3/c1-19-6-7-21(30)17-26(19)32-12-14-33(15-13-32)27(35)25-18-34(28(36)37-29(3,4)5)11-10-24(25)23-9-8-22(31)16-20(23)2/h6-9,16-17,24-25H,10-15,18H2,1-5H3/t24-,25-/m0/s1. The lowest BCUT2D eigenvalue weighted by Crippen LogP contribution is -2.55. The minimum absolute atomic E-state index is 0.0319. The molecule has 2 aromatic rings. The van der Waals surface area contributed by atoms with Crippen LogP contribution < -0.4 is 4.90 Å². The third kappa shape index (κ3) is 6.38. The van der Waals surface area contributed by atoms with E-state index in [0.717, 1.165) is 22.4 Å². The van der Waals surface area contributed by atoms with Crippen molar-refractivity contribution >= 4 is 29.3 Å². The van der Waals surface area contributed by atoms with E-state index in [0.29, 0.717) is 44.2 Å². The summed E-state index contributed by atoms with van der Waals surface area (Å²) in [4.78, 5) is 32.7. The lowest BCUT2D eigenvalue weighted by atomic mass is 9.78. The fourth-order valence-corrected chi connectivity index (χ4v) is 5.61. The van der Waals surface area contributed by atoms with Crippen molar-refractivity contribution < 1.29 is 18.7 Å². The zero-order valence-corrected chi connectivity index (χ0v) is 23.1. The van der Waals surface area contributed by atoms with Crippen LogP contribution in [0.1, 0.15) is 49.8 Å². The Balaban J connectivity index is 1.53. The highest BCUT2D eigenvalue weighted by Gasteiger charge is 2.41. The van der Waals surface area contributed by atoms with Crippen LogP contribution in [0.4, 0.5) is 14.9 Å². The molecule has 8 heteroatoms. The van der Waals surface area contributed by atoms with Crippen LogP contribution in [-0.4, -0.2) is 66.7 Å². The number of rotatable bonds is 3. The van der Waals surface area contributed by atoms with Gasteiger partial charge in [-0.25, -0.2) is 9.18 Å². The third-order valence-corrected chi connectivity index (χ3v) is 7.55. The van der Waals surface area contributed by atoms with Gasteiger partial charge in [0.2, 0.25) is 5.91 Å². The van der Waals surface area contributed by atoms with Gasteiger partial charge in [-0.05, 0) is 87.9 Å². The van der Waals surface area contributed by atoms with Gasteiger partial charge in [-0.3, -0.25) is 4.79 Å². The molecule has 2 heterocycles. The van der Waals surface area contributed by atoms with Crippen molar-refractivity contribution in [3.63, 3.8) is 0 Å². The molecular formula is C29H37ClFN3O3. The Bertz CT molecular complexity index is 1160. The number of likely N-dealkylation sites (tertiary alicyclic amines) is 1. The molecule has 4 rings (SSSR count). The topological polar surface area (TPSA) is 53.1 Å². The molecular weight excluding hydrogens is 493 g/mol. The first kappa shape index (κ1) is 27.2. The van der Waals surface area contributed by atoms with Gasteiger partial charge in [0, 0.05) is 50.0 Å². The van der Waals surface area contributed by atoms with Gasteiger partial charge in [-0.1, -0.05) is 23.7 Å². The number of piperazine rings is 1. The number of ether oxygens (including phenoxy) is 1. The molecule has 0 unspecified atom stereocenters. The van der Waals surface area contributed by atoms with Gasteiger partial charge >= 0.3 is 6.09 Å². The van der Waals surface area contributed by atoms with Crippen molar-refractivity contribution in [1.29, 1.82) is 0 Å². The quantitative estimate of drug-likeness (QED) is 0.505. The Morgan fingerprint density at radius 1 is 0.946 bits per heavy atom. The number of anilines is 1. The summed E-state index contributed by atoms with van der Waals surface area (Å²) < 4.78 is 19.5. The van der Waals surface area contributed by atoms with Crippen LogP contribution in [0.3, 0.4) is 0 Å². The van der Waals surface area contributed by atoms with Gasteiger partial charge in [0.05, 0.1) is 5.92 Å². The molecule has 0 aromatic heterocycles. The van der Waals surface area contributed by atoms with Crippen LogP contribution >= 0.6 is 11.6 Å². The van der Waals surface area contributed by atoms with Crippen LogP contribution in [0.2, 0.25) is 5.02 Å². The number of carbonyl (C=O) groups is 2. The number of amides is 2. The molecule has 0 radical (unpaired) electrons. The van der Waals surface area contributed by atoms with Crippen LogP contribution in [0.5, 0.6) is 0 Å². The molecule has 6 nitrogen and oxygen atoms in total. The van der Waals surface area contributed by atoms with Gasteiger partial charge in [-0.15, -0.1) is 0 Å². The first-order valence-corrected chi connectivity index (χ1v) is 13.3. The van der Waals surface area contributed by atoms with E-state index in [-0.39, 0.29) is 24.2 Å². The minimum atomic E-state index is -0.615. The largest absolute Gasteiger partial charge is 0.444 e. The number of carbonyl (C=O) groups excluding carboxylic acids is 2. The Morgan fingerprint density at radius 3 is 2.30 bits per heavy atom. The Labute approximate surface area is 224 Å². The third-order valence-electron chi connectivity index (χ3n) is 7.32. The second kappa shape index (κ2) is 10.9. The zero-order chi connectivity index (χ0) is 26.9. The van der Waals surface area contributed by atoms with E-state index in [9.17, 15) is 14.0 Å². The number of hydrogen-bond acceptors (Lipinski definition) is 4. The number of hydrogen-bond donors (Lipinski definition) is 0. The van der Waals surface area contributed by atoms with Crippen molar-refractivity contribution in [1.82, 2.24) is 9.80 Å². The fraction of sp³-hybridized carbons (Fsp3) is 0.517. The molecule has 2 saturated heterocycles. The molecule has 2 aliphatic heterocycles. The normalized spacial score (nSPS) is 20.7. The monoisotopic (exact) mass is 529 g/mol. The molecule has 0 aliphatic carbocycles. The molecule has 0 N–H and O–H groups in total. The molecule has 0 bridgehead atoms. The summed E-state index contributed by atoms with van der Waals surface area (Å²) in [6.45, 7) is 12.8. The average molecular weight is 530 g/mol. The highest BCUT2D eigenvalue weighted by molar-refractivity contribution is 6.30. The highest BCUT2D eigenvalue weighted by atomic mass is 35.5. The summed E-state index contributed by atoms with van der Waals surface area (Å²) in [6, 6.07) is 10.6. The van der Waals surface area contributed by atoms with E-state index in [1.165, 1.54) is 12.1 Å². The van der Waals surface area contributed by atoms with E-state index in [2.05, 4.69) is 11.8 Å². The van der Waals surface area contributed by atoms with Crippen molar-refractivity contribution in [3.05, 3.63) is 63.9 Å². The second-order valence-corrected chi connectivity index (χ2v) is 11.6. The van der Waals surface area contributed by atoms with Crippen molar-refractivity contribution in [3.8, 4) is 0 Å². The Hall–Kier alpha value is -2.80. The summed E-state index contributed by atoms with van der Waals surface area (Å²) in [5.74, 6) is -0.780. The van der Waals surface area contributed by atoms with Gasteiger partial charge < -0.3 is 19.4 Å². The van der Waals surface area contributed by atoms with Crippen LogP contribution in [0.15, 0.2) is 36.4 Å². The molecule has 0 spiro atoms. The summed E-state index contributed by atoms with van der Waals surface area (Å²) in [5.41, 5.74) is 3.42. The lowest BCUT2D eigenvalue weighted by Gasteiger charge is -2.43. The molecule has 2 fully saturated rings. The van der Waals surface area contributed by atoms with Crippen LogP contribution in [-0.2, 0) is 9.53 Å². The van der Waals surface area contributed by atoms with Crippen LogP contribution in [0, 0.1) is 25.6 Å². The molecule has 2 aromatic carbocycles. The first-order valence-electron chi connectivity index (χ1n) is 13.0. The van der Waals surface area contributed by atoms with E-state index in [1.54, 1.807) is 11.0 Å². The average Bonchev–Trinajstić information content (AvgIpc) is 2.84. The predicted molar refractivity (Wildman–Crippen MR) is 145 cm³/mol. The summed E-state index contributed by atoms with van der Waals surface area (Å²) in [7, 11) is 0. The molecule has 0 saturated carbocycles. The van der Waals surface area contributed by atoms with Crippen molar-refractivity contribution in [2.24, 2.45) is 5.92 Å². The van der Waals surface area contributed by atoms with E-state index in [1.807, 2.05) is 50.8 Å². The molecule has 2 atom stereocenters.